The Bertz CT molecular complexity index is 1150. The van der Waals surface area contributed by atoms with Gasteiger partial charge in [-0.1, -0.05) is 60.8 Å². The van der Waals surface area contributed by atoms with Crippen LogP contribution in [0.15, 0.2) is 66.7 Å². The molecule has 1 aromatic heterocycles. The third-order valence-electron chi connectivity index (χ3n) is 6.01. The van der Waals surface area contributed by atoms with Crippen LogP contribution in [0.3, 0.4) is 0 Å². The Balaban J connectivity index is 1.37. The largest absolute Gasteiger partial charge is 0.489 e. The molecule has 1 aliphatic rings. The molecule has 161 valence electrons. The molecular formula is C26H24ClN4O. The summed E-state index contributed by atoms with van der Waals surface area (Å²) in [7, 11) is 0. The number of nitrogens with zero attached hydrogens (tertiary/aromatic N) is 3. The van der Waals surface area contributed by atoms with E-state index in [1.54, 1.807) is 0 Å². The molecular weight excluding hydrogens is 420 g/mol. The molecule has 1 heterocycles. The zero-order valence-corrected chi connectivity index (χ0v) is 18.4. The van der Waals surface area contributed by atoms with Crippen molar-refractivity contribution in [3.8, 4) is 28.3 Å². The fourth-order valence-corrected chi connectivity index (χ4v) is 4.38. The fraction of sp³-hybridized carbons (Fsp3) is 0.231. The van der Waals surface area contributed by atoms with Crippen LogP contribution in [0.1, 0.15) is 42.7 Å². The van der Waals surface area contributed by atoms with Gasteiger partial charge in [0.2, 0.25) is 0 Å². The van der Waals surface area contributed by atoms with E-state index in [1.165, 1.54) is 31.2 Å². The molecule has 0 aliphatic heterocycles. The van der Waals surface area contributed by atoms with Gasteiger partial charge in [-0.3, -0.25) is 0 Å². The van der Waals surface area contributed by atoms with Crippen LogP contribution < -0.4 is 4.74 Å². The van der Waals surface area contributed by atoms with Gasteiger partial charge in [0.25, 0.3) is 0 Å². The van der Waals surface area contributed by atoms with E-state index in [4.69, 9.17) is 16.3 Å². The normalized spacial score (nSPS) is 14.4. The van der Waals surface area contributed by atoms with E-state index in [1.807, 2.05) is 30.3 Å². The van der Waals surface area contributed by atoms with Crippen molar-refractivity contribution in [1.29, 1.82) is 0 Å². The molecule has 1 atom stereocenters. The van der Waals surface area contributed by atoms with Gasteiger partial charge in [-0.05, 0) is 88.2 Å². The number of rotatable bonds is 6. The molecule has 1 N–H and O–H groups in total. The highest BCUT2D eigenvalue weighted by atomic mass is 35.5. The molecule has 5 nitrogen and oxygen atoms in total. The average molecular weight is 444 g/mol. The predicted molar refractivity (Wildman–Crippen MR) is 126 cm³/mol. The van der Waals surface area contributed by atoms with Gasteiger partial charge in [0, 0.05) is 10.6 Å². The molecule has 1 fully saturated rings. The summed E-state index contributed by atoms with van der Waals surface area (Å²) in [5.41, 5.74) is 5.49. The van der Waals surface area contributed by atoms with Gasteiger partial charge < -0.3 is 4.74 Å². The SMILES string of the molecule is Clc1ccc(-c2cc(-c3nnn[nH]3)ccc2COc2ccc(C3[CH]CCCC3)cc2)cc1. The summed E-state index contributed by atoms with van der Waals surface area (Å²) in [4.78, 5) is 0. The first-order valence-corrected chi connectivity index (χ1v) is 11.3. The monoisotopic (exact) mass is 443 g/mol. The summed E-state index contributed by atoms with van der Waals surface area (Å²) in [6, 6.07) is 22.5. The molecule has 1 saturated carbocycles. The van der Waals surface area contributed by atoms with E-state index in [9.17, 15) is 0 Å². The third-order valence-corrected chi connectivity index (χ3v) is 6.26. The van der Waals surface area contributed by atoms with Gasteiger partial charge in [0.05, 0.1) is 0 Å². The highest BCUT2D eigenvalue weighted by molar-refractivity contribution is 6.30. The Morgan fingerprint density at radius 1 is 0.938 bits per heavy atom. The Kier molecular flexibility index (Phi) is 6.17. The first-order valence-electron chi connectivity index (χ1n) is 11.0. The van der Waals surface area contributed by atoms with Crippen molar-refractivity contribution in [2.45, 2.75) is 38.2 Å². The number of nitrogens with one attached hydrogen (secondary N) is 1. The lowest BCUT2D eigenvalue weighted by molar-refractivity contribution is 0.306. The summed E-state index contributed by atoms with van der Waals surface area (Å²) in [5.74, 6) is 2.07. The van der Waals surface area contributed by atoms with Crippen LogP contribution in [-0.2, 0) is 6.61 Å². The Morgan fingerprint density at radius 2 is 1.75 bits per heavy atom. The maximum absolute atomic E-state index is 6.17. The van der Waals surface area contributed by atoms with Crippen molar-refractivity contribution >= 4 is 11.6 Å². The second-order valence-electron chi connectivity index (χ2n) is 8.11. The molecule has 3 aromatic carbocycles. The first kappa shape index (κ1) is 20.7. The van der Waals surface area contributed by atoms with Crippen molar-refractivity contribution in [1.82, 2.24) is 20.6 Å². The first-order chi connectivity index (χ1) is 15.8. The number of halogens is 1. The third kappa shape index (κ3) is 4.68. The molecule has 4 aromatic rings. The molecule has 0 spiro atoms. The maximum atomic E-state index is 6.17. The number of benzene rings is 3. The number of ether oxygens (including phenoxy) is 1. The van der Waals surface area contributed by atoms with Crippen LogP contribution in [0.4, 0.5) is 0 Å². The van der Waals surface area contributed by atoms with E-state index >= 15 is 0 Å². The number of hydrogen-bond donors (Lipinski definition) is 1. The quantitative estimate of drug-likeness (QED) is 0.363. The van der Waals surface area contributed by atoms with Crippen molar-refractivity contribution < 1.29 is 4.74 Å². The molecule has 32 heavy (non-hydrogen) atoms. The smallest absolute Gasteiger partial charge is 0.179 e. The molecule has 1 unspecified atom stereocenters. The van der Waals surface area contributed by atoms with E-state index in [-0.39, 0.29) is 0 Å². The predicted octanol–water partition coefficient (Wildman–Crippen LogP) is 6.63. The highest BCUT2D eigenvalue weighted by Crippen LogP contribution is 2.33. The van der Waals surface area contributed by atoms with E-state index in [2.05, 4.69) is 63.4 Å². The van der Waals surface area contributed by atoms with Gasteiger partial charge in [0.1, 0.15) is 12.4 Å². The summed E-state index contributed by atoms with van der Waals surface area (Å²) >= 11 is 6.10. The minimum Gasteiger partial charge on any atom is -0.489 e. The van der Waals surface area contributed by atoms with Crippen LogP contribution in [0.5, 0.6) is 5.75 Å². The number of aromatic amines is 1. The minimum absolute atomic E-state index is 0.460. The zero-order valence-electron chi connectivity index (χ0n) is 17.7. The second kappa shape index (κ2) is 9.53. The highest BCUT2D eigenvalue weighted by Gasteiger charge is 2.16. The van der Waals surface area contributed by atoms with Crippen molar-refractivity contribution in [2.24, 2.45) is 0 Å². The minimum atomic E-state index is 0.460. The Morgan fingerprint density at radius 3 is 2.47 bits per heavy atom. The van der Waals surface area contributed by atoms with Crippen LogP contribution in [0.25, 0.3) is 22.5 Å². The average Bonchev–Trinajstić information content (AvgIpc) is 3.39. The topological polar surface area (TPSA) is 63.7 Å². The number of aromatic nitrogens is 4. The van der Waals surface area contributed by atoms with E-state index in [0.717, 1.165) is 28.0 Å². The lowest BCUT2D eigenvalue weighted by atomic mass is 9.84. The zero-order chi connectivity index (χ0) is 21.8. The molecule has 1 radical (unpaired) electrons. The van der Waals surface area contributed by atoms with Crippen LogP contribution in [0, 0.1) is 6.42 Å². The van der Waals surface area contributed by atoms with Gasteiger partial charge in [-0.2, -0.15) is 0 Å². The molecule has 0 bridgehead atoms. The summed E-state index contributed by atoms with van der Waals surface area (Å²) in [5, 5.41) is 14.9. The lowest BCUT2D eigenvalue weighted by Gasteiger charge is -2.21. The second-order valence-corrected chi connectivity index (χ2v) is 8.55. The summed E-state index contributed by atoms with van der Waals surface area (Å²) < 4.78 is 6.17. The van der Waals surface area contributed by atoms with E-state index < -0.39 is 0 Å². The van der Waals surface area contributed by atoms with Crippen LogP contribution in [-0.4, -0.2) is 20.6 Å². The Hall–Kier alpha value is -3.18. The van der Waals surface area contributed by atoms with Gasteiger partial charge >= 0.3 is 0 Å². The van der Waals surface area contributed by atoms with Crippen LogP contribution >= 0.6 is 11.6 Å². The number of tetrazole rings is 1. The van der Waals surface area contributed by atoms with Crippen molar-refractivity contribution in [3.63, 3.8) is 0 Å². The van der Waals surface area contributed by atoms with Gasteiger partial charge in [0.15, 0.2) is 5.82 Å². The Labute approximate surface area is 192 Å². The molecule has 0 amide bonds. The molecule has 5 rings (SSSR count). The molecule has 0 saturated heterocycles. The van der Waals surface area contributed by atoms with Gasteiger partial charge in [-0.25, -0.2) is 5.10 Å². The van der Waals surface area contributed by atoms with Crippen molar-refractivity contribution in [2.75, 3.05) is 0 Å². The summed E-state index contributed by atoms with van der Waals surface area (Å²) in [6.45, 7) is 0.460. The maximum Gasteiger partial charge on any atom is 0.179 e. The van der Waals surface area contributed by atoms with Gasteiger partial charge in [-0.15, -0.1) is 5.10 Å². The van der Waals surface area contributed by atoms with Crippen molar-refractivity contribution in [3.05, 3.63) is 89.3 Å². The number of hydrogen-bond acceptors (Lipinski definition) is 4. The van der Waals surface area contributed by atoms with Crippen LogP contribution in [0.2, 0.25) is 5.02 Å². The standard InChI is InChI=1S/C26H24ClN4O/c27-23-12-8-20(9-13-23)25-16-21(26-28-30-31-29-26)6-7-22(25)17-32-24-14-10-19(11-15-24)18-4-2-1-3-5-18/h4,6-16,18H,1-3,5,17H2,(H,28,29,30,31). The van der Waals surface area contributed by atoms with E-state index in [0.29, 0.717) is 23.4 Å². The fourth-order valence-electron chi connectivity index (χ4n) is 4.25. The number of H-pyrrole nitrogens is 1. The summed E-state index contributed by atoms with van der Waals surface area (Å²) in [6.07, 6.45) is 7.55. The lowest BCUT2D eigenvalue weighted by Crippen LogP contribution is -2.05. The molecule has 6 heteroatoms. The molecule has 1 aliphatic carbocycles.